The van der Waals surface area contributed by atoms with Crippen molar-refractivity contribution in [3.8, 4) is 11.5 Å². The third-order valence-corrected chi connectivity index (χ3v) is 10.8. The highest BCUT2D eigenvalue weighted by atomic mass is 31.2. The molecule has 2 aromatic carbocycles. The molecule has 47 heavy (non-hydrogen) atoms. The van der Waals surface area contributed by atoms with E-state index in [0.29, 0.717) is 51.2 Å². The van der Waals surface area contributed by atoms with Gasteiger partial charge in [0.15, 0.2) is 0 Å². The smallest absolute Gasteiger partial charge is 0.331 e. The van der Waals surface area contributed by atoms with Gasteiger partial charge in [-0.2, -0.15) is 0 Å². The minimum Gasteiger partial charge on any atom is -0.508 e. The van der Waals surface area contributed by atoms with Crippen molar-refractivity contribution in [3.05, 3.63) is 48.3 Å². The first-order valence-electron chi connectivity index (χ1n) is 16.5. The number of aryl methyl sites for hydroxylation is 1. The number of carbonyl (C=O) groups is 1. The summed E-state index contributed by atoms with van der Waals surface area (Å²) in [6, 6.07) is 10.5. The van der Waals surface area contributed by atoms with E-state index in [1.54, 1.807) is 42.6 Å². The molecule has 0 bridgehead atoms. The normalized spacial score (nSPS) is 16.5. The van der Waals surface area contributed by atoms with E-state index in [-0.39, 0.29) is 11.8 Å². The molecule has 5 rings (SSSR count). The van der Waals surface area contributed by atoms with Crippen LogP contribution in [0.1, 0.15) is 25.8 Å². The number of aromatic hydroxyl groups is 1. The SMILES string of the molecule is CCOP(=O)(CCN1CCN(CCCc2cc3ncnc(N4CCN(C(=O)Nc5ccc(O)cc5)CC4)c3cc2OC)CC1)OCC. The summed E-state index contributed by atoms with van der Waals surface area (Å²) in [5.41, 5.74) is 2.65. The Morgan fingerprint density at radius 3 is 2.21 bits per heavy atom. The zero-order chi connectivity index (χ0) is 33.2. The molecule has 14 heteroatoms. The molecule has 2 aliphatic heterocycles. The van der Waals surface area contributed by atoms with Gasteiger partial charge in [0.25, 0.3) is 0 Å². The maximum absolute atomic E-state index is 12.8. The van der Waals surface area contributed by atoms with Crippen molar-refractivity contribution in [1.82, 2.24) is 24.7 Å². The van der Waals surface area contributed by atoms with E-state index < -0.39 is 7.60 Å². The second-order valence-electron chi connectivity index (χ2n) is 11.8. The van der Waals surface area contributed by atoms with Crippen LogP contribution in [0.15, 0.2) is 42.7 Å². The Balaban J connectivity index is 1.12. The molecule has 2 amide bonds. The lowest BCUT2D eigenvalue weighted by Crippen LogP contribution is -2.50. The van der Waals surface area contributed by atoms with Gasteiger partial charge >= 0.3 is 13.6 Å². The Labute approximate surface area is 277 Å². The summed E-state index contributed by atoms with van der Waals surface area (Å²) in [5.74, 6) is 1.83. The fourth-order valence-electron chi connectivity index (χ4n) is 6.17. The maximum Gasteiger partial charge on any atom is 0.331 e. The number of fused-ring (bicyclic) bond motifs is 1. The van der Waals surface area contributed by atoms with Crippen molar-refractivity contribution >= 4 is 36.0 Å². The number of hydrogen-bond donors (Lipinski definition) is 2. The highest BCUT2D eigenvalue weighted by Gasteiger charge is 2.27. The number of piperazine rings is 2. The third-order valence-electron chi connectivity index (χ3n) is 8.73. The average molecular weight is 670 g/mol. The minimum atomic E-state index is -3.01. The molecule has 256 valence electrons. The summed E-state index contributed by atoms with van der Waals surface area (Å²) >= 11 is 0. The standard InChI is InChI=1S/C33H48N7O6P/c1-4-45-47(43,46-5-2)22-21-38-15-13-37(14-16-38)12-6-7-26-23-30-29(24-31(26)44-3)32(35-25-34-30)39-17-19-40(20-18-39)33(42)36-27-8-10-28(41)11-9-27/h8-11,23-25,41H,4-7,12-22H2,1-3H3,(H,36,42). The lowest BCUT2D eigenvalue weighted by molar-refractivity contribution is 0.133. The topological polar surface area (TPSA) is 133 Å². The molecule has 0 spiro atoms. The second-order valence-corrected chi connectivity index (χ2v) is 14.0. The molecule has 2 aliphatic rings. The molecule has 2 fully saturated rings. The number of ether oxygens (including phenoxy) is 1. The molecule has 2 saturated heterocycles. The van der Waals surface area contributed by atoms with Crippen molar-refractivity contribution in [2.45, 2.75) is 26.7 Å². The molecule has 0 unspecified atom stereocenters. The lowest BCUT2D eigenvalue weighted by Gasteiger charge is -2.35. The molecule has 0 saturated carbocycles. The van der Waals surface area contributed by atoms with Crippen LogP contribution in [0.5, 0.6) is 11.5 Å². The van der Waals surface area contributed by atoms with E-state index in [1.165, 1.54) is 0 Å². The Bertz CT molecular complexity index is 1500. The van der Waals surface area contributed by atoms with Gasteiger partial charge in [0, 0.05) is 70.0 Å². The summed E-state index contributed by atoms with van der Waals surface area (Å²) < 4.78 is 29.5. The van der Waals surface area contributed by atoms with Crippen LogP contribution < -0.4 is 15.0 Å². The van der Waals surface area contributed by atoms with Gasteiger partial charge in [-0.05, 0) is 75.2 Å². The predicted octanol–water partition coefficient (Wildman–Crippen LogP) is 4.51. The highest BCUT2D eigenvalue weighted by Crippen LogP contribution is 2.47. The Morgan fingerprint density at radius 2 is 1.57 bits per heavy atom. The largest absolute Gasteiger partial charge is 0.508 e. The molecule has 0 atom stereocenters. The monoisotopic (exact) mass is 669 g/mol. The first kappa shape index (κ1) is 34.8. The number of aromatic nitrogens is 2. The number of anilines is 2. The van der Waals surface area contributed by atoms with Crippen LogP contribution in [0.2, 0.25) is 0 Å². The number of phenols is 1. The number of carbonyl (C=O) groups excluding carboxylic acids is 1. The van der Waals surface area contributed by atoms with Crippen LogP contribution in [0.25, 0.3) is 10.9 Å². The third kappa shape index (κ3) is 9.33. The first-order valence-corrected chi connectivity index (χ1v) is 18.3. The Hall–Kier alpha value is -3.48. The molecule has 13 nitrogen and oxygen atoms in total. The maximum atomic E-state index is 12.8. The van der Waals surface area contributed by atoms with Gasteiger partial charge in [-0.3, -0.25) is 4.57 Å². The number of urea groups is 1. The Morgan fingerprint density at radius 1 is 0.915 bits per heavy atom. The van der Waals surface area contributed by atoms with Gasteiger partial charge in [-0.1, -0.05) is 0 Å². The van der Waals surface area contributed by atoms with Crippen molar-refractivity contribution in [2.75, 3.05) is 102 Å². The number of nitrogens with one attached hydrogen (secondary N) is 1. The number of benzene rings is 2. The van der Waals surface area contributed by atoms with Crippen molar-refractivity contribution < 1.29 is 28.3 Å². The van der Waals surface area contributed by atoms with Crippen LogP contribution in [-0.4, -0.2) is 128 Å². The van der Waals surface area contributed by atoms with E-state index in [1.807, 2.05) is 19.9 Å². The summed E-state index contributed by atoms with van der Waals surface area (Å²) in [6.45, 7) is 12.4. The number of rotatable bonds is 14. The molecular weight excluding hydrogens is 621 g/mol. The van der Waals surface area contributed by atoms with Gasteiger partial charge in [0.1, 0.15) is 23.6 Å². The lowest BCUT2D eigenvalue weighted by atomic mass is 10.0. The fraction of sp³-hybridized carbons (Fsp3) is 0.545. The van der Waals surface area contributed by atoms with Crippen molar-refractivity contribution in [3.63, 3.8) is 0 Å². The van der Waals surface area contributed by atoms with Gasteiger partial charge in [0.05, 0.1) is 32.0 Å². The average Bonchev–Trinajstić information content (AvgIpc) is 3.08. The van der Waals surface area contributed by atoms with Crippen LogP contribution in [0.3, 0.4) is 0 Å². The Kier molecular flexibility index (Phi) is 12.3. The molecule has 1 aromatic heterocycles. The van der Waals surface area contributed by atoms with E-state index in [4.69, 9.17) is 13.8 Å². The molecule has 3 aromatic rings. The van der Waals surface area contributed by atoms with Gasteiger partial charge < -0.3 is 43.8 Å². The van der Waals surface area contributed by atoms with Gasteiger partial charge in [-0.25, -0.2) is 14.8 Å². The van der Waals surface area contributed by atoms with Crippen molar-refractivity contribution in [2.24, 2.45) is 0 Å². The number of nitrogens with zero attached hydrogens (tertiary/aromatic N) is 6. The van der Waals surface area contributed by atoms with E-state index in [9.17, 15) is 14.5 Å². The van der Waals surface area contributed by atoms with Crippen LogP contribution in [0.4, 0.5) is 16.3 Å². The number of amides is 2. The zero-order valence-electron chi connectivity index (χ0n) is 27.8. The number of methoxy groups -OCH3 is 1. The second kappa shape index (κ2) is 16.6. The van der Waals surface area contributed by atoms with Crippen LogP contribution in [-0.2, 0) is 20.0 Å². The summed E-state index contributed by atoms with van der Waals surface area (Å²) in [6.07, 6.45) is 3.91. The number of phenolic OH excluding ortho intramolecular Hbond substituents is 1. The quantitative estimate of drug-likeness (QED) is 0.186. The highest BCUT2D eigenvalue weighted by molar-refractivity contribution is 7.53. The molecule has 0 radical (unpaired) electrons. The first-order chi connectivity index (χ1) is 22.8. The summed E-state index contributed by atoms with van der Waals surface area (Å²) in [4.78, 5) is 30.8. The van der Waals surface area contributed by atoms with E-state index >= 15 is 0 Å². The van der Waals surface area contributed by atoms with Gasteiger partial charge in [0.2, 0.25) is 0 Å². The van der Waals surface area contributed by atoms with E-state index in [0.717, 1.165) is 80.1 Å². The van der Waals surface area contributed by atoms with Crippen molar-refractivity contribution in [1.29, 1.82) is 0 Å². The van der Waals surface area contributed by atoms with Gasteiger partial charge in [-0.15, -0.1) is 0 Å². The molecule has 2 N–H and O–H groups in total. The zero-order valence-corrected chi connectivity index (χ0v) is 28.7. The molecular formula is C33H48N7O6P. The molecule has 0 aliphatic carbocycles. The number of hydrogen-bond acceptors (Lipinski definition) is 11. The summed E-state index contributed by atoms with van der Waals surface area (Å²) in [7, 11) is -1.31. The molecule has 3 heterocycles. The van der Waals surface area contributed by atoms with Crippen LogP contribution in [0, 0.1) is 0 Å². The predicted molar refractivity (Wildman–Crippen MR) is 184 cm³/mol. The van der Waals surface area contributed by atoms with E-state index in [2.05, 4.69) is 36.1 Å². The van der Waals surface area contributed by atoms with Crippen LogP contribution >= 0.6 is 7.60 Å². The summed E-state index contributed by atoms with van der Waals surface area (Å²) in [5, 5.41) is 13.3. The minimum absolute atomic E-state index is 0.158. The fourth-order valence-corrected chi connectivity index (χ4v) is 7.82.